The monoisotopic (exact) mass is 401 g/mol. The van der Waals surface area contributed by atoms with Crippen LogP contribution in [0.1, 0.15) is 29.3 Å². The Hall–Kier alpha value is -2.45. The highest BCUT2D eigenvalue weighted by Crippen LogP contribution is 2.42. The lowest BCUT2D eigenvalue weighted by atomic mass is 9.96. The number of benzene rings is 1. The summed E-state index contributed by atoms with van der Waals surface area (Å²) in [6.45, 7) is 2.66. The van der Waals surface area contributed by atoms with Crippen molar-refractivity contribution >= 4 is 28.6 Å². The molecule has 1 aromatic carbocycles. The van der Waals surface area contributed by atoms with Crippen LogP contribution in [0.15, 0.2) is 35.7 Å². The minimum absolute atomic E-state index is 0.0716. The third-order valence-corrected chi connectivity index (χ3v) is 6.56. The molecule has 148 valence electrons. The zero-order valence-corrected chi connectivity index (χ0v) is 16.5. The van der Waals surface area contributed by atoms with Crippen molar-refractivity contribution in [1.82, 2.24) is 5.32 Å². The minimum atomic E-state index is -0.416. The number of nitro benzene ring substituents is 1. The Morgan fingerprint density at radius 1 is 1.21 bits per heavy atom. The summed E-state index contributed by atoms with van der Waals surface area (Å²) >= 11 is 1.85. The maximum absolute atomic E-state index is 12.4. The number of nitrogens with one attached hydrogen (secondary N) is 3. The van der Waals surface area contributed by atoms with E-state index in [0.29, 0.717) is 25.7 Å². The van der Waals surface area contributed by atoms with Gasteiger partial charge in [-0.25, -0.2) is 0 Å². The number of thiophene rings is 1. The quantitative estimate of drug-likeness (QED) is 0.357. The number of carbonyl (C=O) groups is 1. The van der Waals surface area contributed by atoms with Gasteiger partial charge in [0.2, 0.25) is 0 Å². The van der Waals surface area contributed by atoms with E-state index in [1.165, 1.54) is 40.3 Å². The summed E-state index contributed by atoms with van der Waals surface area (Å²) in [4.78, 5) is 25.6. The van der Waals surface area contributed by atoms with E-state index in [9.17, 15) is 14.9 Å². The molecule has 28 heavy (non-hydrogen) atoms. The lowest BCUT2D eigenvalue weighted by molar-refractivity contribution is -0.928. The van der Waals surface area contributed by atoms with Crippen LogP contribution in [0.4, 0.5) is 11.4 Å². The summed E-state index contributed by atoms with van der Waals surface area (Å²) in [7, 11) is 0. The van der Waals surface area contributed by atoms with E-state index in [4.69, 9.17) is 0 Å². The fraction of sp³-hybridized carbons (Fsp3) is 0.450. The van der Waals surface area contributed by atoms with Crippen LogP contribution in [-0.2, 0) is 11.2 Å². The first-order valence-corrected chi connectivity index (χ1v) is 10.7. The van der Waals surface area contributed by atoms with Gasteiger partial charge < -0.3 is 15.5 Å². The predicted molar refractivity (Wildman–Crippen MR) is 109 cm³/mol. The van der Waals surface area contributed by atoms with Crippen molar-refractivity contribution in [2.75, 3.05) is 31.5 Å². The number of nitro groups is 1. The molecule has 0 spiro atoms. The van der Waals surface area contributed by atoms with Gasteiger partial charge in [0, 0.05) is 53.7 Å². The molecular formula is C20H25N4O3S+. The summed E-state index contributed by atoms with van der Waals surface area (Å²) in [5.41, 5.74) is 2.35. The zero-order valence-electron chi connectivity index (χ0n) is 15.6. The molecule has 1 aliphatic carbocycles. The fourth-order valence-electron chi connectivity index (χ4n) is 4.07. The Labute approximate surface area is 167 Å². The standard InChI is InChI=1S/C20H24N4O3S/c25-19(22-10-9-21-15-3-5-16(6-4-15)24(26)27)13-23-11-7-18-17(8-12-28-18)20(23)14-1-2-14/h3-6,8,12,14,20-21H,1-2,7,9-11,13H2,(H,22,25)/p+1/t20-/m0/s1. The molecule has 4 rings (SSSR count). The summed E-state index contributed by atoms with van der Waals surface area (Å²) in [5.74, 6) is 0.824. The molecule has 2 heterocycles. The zero-order chi connectivity index (χ0) is 19.5. The average Bonchev–Trinajstić information content (AvgIpc) is 3.41. The second-order valence-corrected chi connectivity index (χ2v) is 8.53. The van der Waals surface area contributed by atoms with E-state index in [2.05, 4.69) is 22.1 Å². The number of non-ortho nitro benzene ring substituents is 1. The van der Waals surface area contributed by atoms with E-state index < -0.39 is 4.92 Å². The van der Waals surface area contributed by atoms with Gasteiger partial charge in [0.25, 0.3) is 11.6 Å². The molecule has 3 N–H and O–H groups in total. The third-order valence-electron chi connectivity index (χ3n) is 5.56. The second kappa shape index (κ2) is 8.28. The van der Waals surface area contributed by atoms with Crippen LogP contribution in [-0.4, -0.2) is 37.0 Å². The second-order valence-electron chi connectivity index (χ2n) is 7.53. The van der Waals surface area contributed by atoms with Crippen LogP contribution in [0.25, 0.3) is 0 Å². The molecule has 0 bridgehead atoms. The lowest BCUT2D eigenvalue weighted by Crippen LogP contribution is -3.14. The number of anilines is 1. The van der Waals surface area contributed by atoms with Crippen LogP contribution < -0.4 is 15.5 Å². The van der Waals surface area contributed by atoms with Crippen LogP contribution >= 0.6 is 11.3 Å². The highest BCUT2D eigenvalue weighted by molar-refractivity contribution is 7.10. The molecule has 2 aromatic rings. The van der Waals surface area contributed by atoms with Crippen molar-refractivity contribution in [2.24, 2.45) is 5.92 Å². The van der Waals surface area contributed by atoms with Crippen LogP contribution in [0.5, 0.6) is 0 Å². The Morgan fingerprint density at radius 2 is 2.00 bits per heavy atom. The van der Waals surface area contributed by atoms with Gasteiger partial charge in [-0.05, 0) is 36.4 Å². The molecule has 1 fully saturated rings. The van der Waals surface area contributed by atoms with Crippen LogP contribution in [0, 0.1) is 16.0 Å². The predicted octanol–water partition coefficient (Wildman–Crippen LogP) is 1.78. The Morgan fingerprint density at radius 3 is 2.71 bits per heavy atom. The number of nitrogens with zero attached hydrogens (tertiary/aromatic N) is 1. The Kier molecular flexibility index (Phi) is 5.59. The summed E-state index contributed by atoms with van der Waals surface area (Å²) < 4.78 is 0. The summed E-state index contributed by atoms with van der Waals surface area (Å²) in [6.07, 6.45) is 3.63. The van der Waals surface area contributed by atoms with Gasteiger partial charge in [0.15, 0.2) is 6.54 Å². The Bertz CT molecular complexity index is 847. The first kappa shape index (κ1) is 18.9. The van der Waals surface area contributed by atoms with Gasteiger partial charge >= 0.3 is 0 Å². The van der Waals surface area contributed by atoms with Crippen LogP contribution in [0.3, 0.4) is 0 Å². The maximum Gasteiger partial charge on any atom is 0.275 e. The van der Waals surface area contributed by atoms with E-state index in [1.807, 2.05) is 11.3 Å². The summed E-state index contributed by atoms with van der Waals surface area (Å²) in [5, 5.41) is 19.0. The first-order chi connectivity index (χ1) is 13.6. The van der Waals surface area contributed by atoms with Gasteiger partial charge in [0.1, 0.15) is 6.04 Å². The number of hydrogen-bond acceptors (Lipinski definition) is 5. The largest absolute Gasteiger partial charge is 0.383 e. The van der Waals surface area contributed by atoms with Crippen molar-refractivity contribution in [3.8, 4) is 0 Å². The smallest absolute Gasteiger partial charge is 0.275 e. The molecule has 0 saturated heterocycles. The molecular weight excluding hydrogens is 376 g/mol. The number of quaternary nitrogens is 1. The first-order valence-electron chi connectivity index (χ1n) is 9.77. The molecule has 8 heteroatoms. The van der Waals surface area contributed by atoms with Gasteiger partial charge in [0.05, 0.1) is 11.5 Å². The Balaban J connectivity index is 1.23. The molecule has 1 aromatic heterocycles. The number of hydrogen-bond donors (Lipinski definition) is 3. The molecule has 1 saturated carbocycles. The fourth-order valence-corrected chi connectivity index (χ4v) is 5.00. The number of amides is 1. The van der Waals surface area contributed by atoms with E-state index in [1.54, 1.807) is 12.1 Å². The molecule has 2 aliphatic rings. The normalized spacial score (nSPS) is 21.0. The summed E-state index contributed by atoms with van der Waals surface area (Å²) in [6, 6.07) is 9.04. The van der Waals surface area contributed by atoms with Crippen molar-refractivity contribution < 1.29 is 14.6 Å². The SMILES string of the molecule is O=C(C[NH+]1CCc2sccc2[C@@H]1C1CC1)NCCNc1ccc([N+](=O)[O-])cc1. The minimum Gasteiger partial charge on any atom is -0.383 e. The number of fused-ring (bicyclic) bond motifs is 1. The molecule has 1 aliphatic heterocycles. The van der Waals surface area contributed by atoms with Crippen molar-refractivity contribution in [3.63, 3.8) is 0 Å². The van der Waals surface area contributed by atoms with Crippen LogP contribution in [0.2, 0.25) is 0 Å². The number of carbonyl (C=O) groups excluding carboxylic acids is 1. The molecule has 1 amide bonds. The number of rotatable bonds is 8. The van der Waals surface area contributed by atoms with Gasteiger partial charge in [-0.3, -0.25) is 14.9 Å². The van der Waals surface area contributed by atoms with Crippen molar-refractivity contribution in [1.29, 1.82) is 0 Å². The highest BCUT2D eigenvalue weighted by atomic mass is 32.1. The van der Waals surface area contributed by atoms with E-state index in [0.717, 1.165) is 24.6 Å². The van der Waals surface area contributed by atoms with Gasteiger partial charge in [-0.1, -0.05) is 0 Å². The van der Waals surface area contributed by atoms with Gasteiger partial charge in [-0.15, -0.1) is 11.3 Å². The maximum atomic E-state index is 12.4. The molecule has 0 radical (unpaired) electrons. The third kappa shape index (κ3) is 4.34. The molecule has 7 nitrogen and oxygen atoms in total. The van der Waals surface area contributed by atoms with E-state index >= 15 is 0 Å². The lowest BCUT2D eigenvalue weighted by Gasteiger charge is -2.32. The topological polar surface area (TPSA) is 88.7 Å². The molecule has 2 atom stereocenters. The average molecular weight is 402 g/mol. The van der Waals surface area contributed by atoms with Gasteiger partial charge in [-0.2, -0.15) is 0 Å². The van der Waals surface area contributed by atoms with Crippen molar-refractivity contribution in [3.05, 3.63) is 56.3 Å². The van der Waals surface area contributed by atoms with Crippen molar-refractivity contribution in [2.45, 2.75) is 25.3 Å². The molecule has 1 unspecified atom stereocenters. The highest BCUT2D eigenvalue weighted by Gasteiger charge is 2.43. The van der Waals surface area contributed by atoms with E-state index in [-0.39, 0.29) is 11.6 Å².